The van der Waals surface area contributed by atoms with E-state index in [-0.39, 0.29) is 0 Å². The van der Waals surface area contributed by atoms with Gasteiger partial charge in [-0.05, 0) is 30.6 Å². The standard InChI is InChI=1S/C10H22N4/c1-7(2)8-5-3-4-6-9(8)10-11-13-14-12-10/h7-14H,3-6H2,1-2H3. The van der Waals surface area contributed by atoms with Crippen LogP contribution in [0.25, 0.3) is 0 Å². The van der Waals surface area contributed by atoms with E-state index < -0.39 is 0 Å². The van der Waals surface area contributed by atoms with Crippen LogP contribution in [-0.2, 0) is 0 Å². The third kappa shape index (κ3) is 2.08. The Bertz CT molecular complexity index is 177. The summed E-state index contributed by atoms with van der Waals surface area (Å²) in [6.45, 7) is 4.69. The highest BCUT2D eigenvalue weighted by atomic mass is 15.8. The predicted molar refractivity (Wildman–Crippen MR) is 56.6 cm³/mol. The van der Waals surface area contributed by atoms with E-state index in [4.69, 9.17) is 0 Å². The zero-order chi connectivity index (χ0) is 9.97. The van der Waals surface area contributed by atoms with E-state index in [1.54, 1.807) is 0 Å². The SMILES string of the molecule is CC(C)C1CCCCC1C1NNNN1. The summed E-state index contributed by atoms with van der Waals surface area (Å²) in [4.78, 5) is 0. The van der Waals surface area contributed by atoms with Crippen LogP contribution in [0.2, 0.25) is 0 Å². The van der Waals surface area contributed by atoms with E-state index >= 15 is 0 Å². The predicted octanol–water partition coefficient (Wildman–Crippen LogP) is 0.892. The maximum absolute atomic E-state index is 3.24. The smallest absolute Gasteiger partial charge is 0.0889 e. The molecule has 1 heterocycles. The van der Waals surface area contributed by atoms with Gasteiger partial charge in [-0.25, -0.2) is 10.9 Å². The Morgan fingerprint density at radius 2 is 1.64 bits per heavy atom. The molecule has 0 aromatic heterocycles. The van der Waals surface area contributed by atoms with Crippen LogP contribution in [0, 0.1) is 17.8 Å². The lowest BCUT2D eigenvalue weighted by atomic mass is 9.72. The molecule has 4 N–H and O–H groups in total. The first-order chi connectivity index (χ1) is 6.79. The molecule has 2 aliphatic rings. The molecule has 14 heavy (non-hydrogen) atoms. The molecular weight excluding hydrogens is 176 g/mol. The van der Waals surface area contributed by atoms with Crippen molar-refractivity contribution in [2.45, 2.75) is 45.7 Å². The number of rotatable bonds is 2. The van der Waals surface area contributed by atoms with Crippen LogP contribution in [0.15, 0.2) is 0 Å². The Kier molecular flexibility index (Phi) is 3.38. The molecule has 1 aliphatic carbocycles. The van der Waals surface area contributed by atoms with Gasteiger partial charge in [0, 0.05) is 0 Å². The molecule has 1 saturated carbocycles. The third-order valence-corrected chi connectivity index (χ3v) is 3.68. The van der Waals surface area contributed by atoms with Crippen molar-refractivity contribution in [1.29, 1.82) is 0 Å². The number of nitrogens with one attached hydrogen (secondary N) is 4. The van der Waals surface area contributed by atoms with Gasteiger partial charge >= 0.3 is 0 Å². The van der Waals surface area contributed by atoms with Gasteiger partial charge in [-0.15, -0.1) is 0 Å². The average molecular weight is 198 g/mol. The van der Waals surface area contributed by atoms with E-state index in [2.05, 4.69) is 35.8 Å². The molecule has 2 fully saturated rings. The Hall–Kier alpha value is -0.160. The fourth-order valence-electron chi connectivity index (χ4n) is 2.91. The maximum Gasteiger partial charge on any atom is 0.0889 e. The number of hydrazine groups is 3. The van der Waals surface area contributed by atoms with Crippen LogP contribution >= 0.6 is 0 Å². The third-order valence-electron chi connectivity index (χ3n) is 3.68. The first-order valence-corrected chi connectivity index (χ1v) is 5.80. The van der Waals surface area contributed by atoms with Crippen molar-refractivity contribution in [1.82, 2.24) is 21.9 Å². The lowest BCUT2D eigenvalue weighted by Crippen LogP contribution is -2.46. The molecule has 0 aromatic rings. The van der Waals surface area contributed by atoms with Gasteiger partial charge in [0.1, 0.15) is 0 Å². The second-order valence-corrected chi connectivity index (χ2v) is 4.87. The highest BCUT2D eigenvalue weighted by Gasteiger charge is 2.34. The summed E-state index contributed by atoms with van der Waals surface area (Å²) >= 11 is 0. The molecule has 0 amide bonds. The molecule has 0 bridgehead atoms. The normalized spacial score (nSPS) is 35.4. The molecule has 4 heteroatoms. The van der Waals surface area contributed by atoms with Crippen LogP contribution in [0.5, 0.6) is 0 Å². The van der Waals surface area contributed by atoms with E-state index in [9.17, 15) is 0 Å². The van der Waals surface area contributed by atoms with Crippen LogP contribution < -0.4 is 21.9 Å². The van der Waals surface area contributed by atoms with Crippen molar-refractivity contribution >= 4 is 0 Å². The molecular formula is C10H22N4. The monoisotopic (exact) mass is 198 g/mol. The fraction of sp³-hybridized carbons (Fsp3) is 1.00. The number of hydrogen-bond donors (Lipinski definition) is 4. The minimum atomic E-state index is 0.391. The molecule has 2 atom stereocenters. The highest BCUT2D eigenvalue weighted by molar-refractivity contribution is 4.84. The topological polar surface area (TPSA) is 48.1 Å². The van der Waals surface area contributed by atoms with Crippen LogP contribution in [-0.4, -0.2) is 6.17 Å². The molecule has 1 aliphatic heterocycles. The Morgan fingerprint density at radius 3 is 2.29 bits per heavy atom. The van der Waals surface area contributed by atoms with Crippen molar-refractivity contribution in [2.24, 2.45) is 17.8 Å². The van der Waals surface area contributed by atoms with E-state index in [1.165, 1.54) is 25.7 Å². The Labute approximate surface area is 86.1 Å². The van der Waals surface area contributed by atoms with Gasteiger partial charge < -0.3 is 0 Å². The second-order valence-electron chi connectivity index (χ2n) is 4.87. The average Bonchev–Trinajstić information content (AvgIpc) is 2.70. The van der Waals surface area contributed by atoms with Crippen molar-refractivity contribution in [3.8, 4) is 0 Å². The lowest BCUT2D eigenvalue weighted by Gasteiger charge is -2.37. The summed E-state index contributed by atoms with van der Waals surface area (Å²) in [5.74, 6) is 2.41. The Balaban J connectivity index is 1.98. The maximum atomic E-state index is 3.24. The van der Waals surface area contributed by atoms with Gasteiger partial charge in [-0.3, -0.25) is 0 Å². The van der Waals surface area contributed by atoms with E-state index in [0.29, 0.717) is 6.17 Å². The largest absolute Gasteiger partial charge is 0.225 e. The first-order valence-electron chi connectivity index (χ1n) is 5.80. The molecule has 4 nitrogen and oxygen atoms in total. The Morgan fingerprint density at radius 1 is 1.00 bits per heavy atom. The minimum absolute atomic E-state index is 0.391. The summed E-state index contributed by atoms with van der Waals surface area (Å²) in [6, 6.07) is 0. The van der Waals surface area contributed by atoms with Crippen molar-refractivity contribution in [2.75, 3.05) is 0 Å². The van der Waals surface area contributed by atoms with Crippen molar-refractivity contribution in [3.63, 3.8) is 0 Å². The minimum Gasteiger partial charge on any atom is -0.225 e. The van der Waals surface area contributed by atoms with E-state index in [0.717, 1.165) is 17.8 Å². The molecule has 0 spiro atoms. The quantitative estimate of drug-likeness (QED) is 0.532. The molecule has 0 radical (unpaired) electrons. The summed E-state index contributed by atoms with van der Waals surface area (Å²) in [5, 5.41) is 0. The van der Waals surface area contributed by atoms with Gasteiger partial charge in [0.15, 0.2) is 0 Å². The number of hydrogen-bond acceptors (Lipinski definition) is 4. The van der Waals surface area contributed by atoms with Gasteiger partial charge in [0.2, 0.25) is 0 Å². The zero-order valence-electron chi connectivity index (χ0n) is 9.14. The zero-order valence-corrected chi connectivity index (χ0v) is 9.14. The first kappa shape index (κ1) is 10.4. The van der Waals surface area contributed by atoms with Crippen LogP contribution in [0.1, 0.15) is 39.5 Å². The van der Waals surface area contributed by atoms with Gasteiger partial charge in [0.05, 0.1) is 6.17 Å². The second kappa shape index (κ2) is 4.57. The lowest BCUT2D eigenvalue weighted by molar-refractivity contribution is 0.133. The molecule has 0 aromatic carbocycles. The summed E-state index contributed by atoms with van der Waals surface area (Å²) in [5.41, 5.74) is 12.3. The van der Waals surface area contributed by atoms with Gasteiger partial charge in [-0.2, -0.15) is 11.1 Å². The molecule has 2 unspecified atom stereocenters. The van der Waals surface area contributed by atoms with Gasteiger partial charge in [-0.1, -0.05) is 26.7 Å². The van der Waals surface area contributed by atoms with Crippen LogP contribution in [0.4, 0.5) is 0 Å². The van der Waals surface area contributed by atoms with Crippen molar-refractivity contribution < 1.29 is 0 Å². The molecule has 82 valence electrons. The molecule has 1 saturated heterocycles. The van der Waals surface area contributed by atoms with Crippen molar-refractivity contribution in [3.05, 3.63) is 0 Å². The highest BCUT2D eigenvalue weighted by Crippen LogP contribution is 2.36. The summed E-state index contributed by atoms with van der Waals surface area (Å²) < 4.78 is 0. The molecule has 2 rings (SSSR count). The summed E-state index contributed by atoms with van der Waals surface area (Å²) in [6.07, 6.45) is 5.92. The van der Waals surface area contributed by atoms with Gasteiger partial charge in [0.25, 0.3) is 0 Å². The fourth-order valence-corrected chi connectivity index (χ4v) is 2.91. The van der Waals surface area contributed by atoms with E-state index in [1.807, 2.05) is 0 Å². The van der Waals surface area contributed by atoms with Crippen LogP contribution in [0.3, 0.4) is 0 Å². The summed E-state index contributed by atoms with van der Waals surface area (Å²) in [7, 11) is 0.